The molecule has 4 nitrogen and oxygen atoms in total. The van der Waals surface area contributed by atoms with Gasteiger partial charge in [-0.15, -0.1) is 16.9 Å². The molecule has 0 unspecified atom stereocenters. The van der Waals surface area contributed by atoms with E-state index in [0.29, 0.717) is 5.69 Å². The van der Waals surface area contributed by atoms with E-state index in [0.717, 1.165) is 15.5 Å². The molecule has 0 saturated carbocycles. The summed E-state index contributed by atoms with van der Waals surface area (Å²) in [6, 6.07) is 7.65. The van der Waals surface area contributed by atoms with Gasteiger partial charge >= 0.3 is 0 Å². The van der Waals surface area contributed by atoms with Crippen molar-refractivity contribution in [3.05, 3.63) is 35.5 Å². The smallest absolute Gasteiger partial charge is 0.278 e. The van der Waals surface area contributed by atoms with Crippen LogP contribution in [0.5, 0.6) is 0 Å². The number of amides is 1. The molecule has 0 fully saturated rings. The molecule has 6 heteroatoms. The number of aryl methyl sites for hydroxylation is 1. The Morgan fingerprint density at radius 1 is 1.47 bits per heavy atom. The zero-order valence-electron chi connectivity index (χ0n) is 9.43. The van der Waals surface area contributed by atoms with E-state index >= 15 is 0 Å². The zero-order chi connectivity index (χ0) is 12.3. The normalized spacial score (nSPS) is 10.2. The largest absolute Gasteiger partial charge is 0.321 e. The van der Waals surface area contributed by atoms with Crippen molar-refractivity contribution in [2.24, 2.45) is 0 Å². The van der Waals surface area contributed by atoms with E-state index in [4.69, 9.17) is 0 Å². The fourth-order valence-electron chi connectivity index (χ4n) is 1.37. The van der Waals surface area contributed by atoms with Gasteiger partial charge in [0.2, 0.25) is 0 Å². The van der Waals surface area contributed by atoms with E-state index in [2.05, 4.69) is 14.9 Å². The molecular formula is C11H11N3OS2. The summed E-state index contributed by atoms with van der Waals surface area (Å²) in [5.41, 5.74) is 2.27. The highest BCUT2D eigenvalue weighted by atomic mass is 32.2. The third-order valence-corrected chi connectivity index (χ3v) is 3.94. The Morgan fingerprint density at radius 2 is 2.29 bits per heavy atom. The molecule has 1 N–H and O–H groups in total. The van der Waals surface area contributed by atoms with Gasteiger partial charge in [0.1, 0.15) is 4.21 Å². The maximum Gasteiger partial charge on any atom is 0.278 e. The van der Waals surface area contributed by atoms with Crippen molar-refractivity contribution in [2.75, 3.05) is 11.6 Å². The van der Waals surface area contributed by atoms with Gasteiger partial charge in [0.05, 0.1) is 0 Å². The van der Waals surface area contributed by atoms with Gasteiger partial charge in [-0.1, -0.05) is 16.6 Å². The molecule has 0 aliphatic carbocycles. The topological polar surface area (TPSA) is 54.9 Å². The Labute approximate surface area is 108 Å². The maximum absolute atomic E-state index is 11.9. The highest BCUT2D eigenvalue weighted by Gasteiger charge is 2.15. The minimum atomic E-state index is -0.214. The van der Waals surface area contributed by atoms with Crippen LogP contribution in [0.1, 0.15) is 16.1 Å². The predicted molar refractivity (Wildman–Crippen MR) is 70.8 cm³/mol. The molecular weight excluding hydrogens is 254 g/mol. The second-order valence-corrected chi connectivity index (χ2v) is 5.27. The van der Waals surface area contributed by atoms with Crippen molar-refractivity contribution in [2.45, 2.75) is 11.1 Å². The molecule has 0 aliphatic heterocycles. The average Bonchev–Trinajstić information content (AvgIpc) is 2.77. The van der Waals surface area contributed by atoms with E-state index in [1.165, 1.54) is 23.3 Å². The van der Waals surface area contributed by atoms with Gasteiger partial charge in [-0.3, -0.25) is 4.79 Å². The van der Waals surface area contributed by atoms with Crippen molar-refractivity contribution in [3.63, 3.8) is 0 Å². The number of nitrogens with zero attached hydrogens (tertiary/aromatic N) is 2. The minimum Gasteiger partial charge on any atom is -0.321 e. The molecule has 88 valence electrons. The zero-order valence-corrected chi connectivity index (χ0v) is 11.1. The van der Waals surface area contributed by atoms with E-state index in [-0.39, 0.29) is 5.91 Å². The Morgan fingerprint density at radius 3 is 3.00 bits per heavy atom. The van der Waals surface area contributed by atoms with E-state index < -0.39 is 0 Å². The third-order valence-electron chi connectivity index (χ3n) is 2.13. The quantitative estimate of drug-likeness (QED) is 0.867. The van der Waals surface area contributed by atoms with Gasteiger partial charge in [0.25, 0.3) is 5.91 Å². The van der Waals surface area contributed by atoms with E-state index in [9.17, 15) is 4.79 Å². The second kappa shape index (κ2) is 5.29. The first-order valence-electron chi connectivity index (χ1n) is 4.95. The Hall–Kier alpha value is -1.40. The van der Waals surface area contributed by atoms with Gasteiger partial charge in [0.15, 0.2) is 5.69 Å². The summed E-state index contributed by atoms with van der Waals surface area (Å²) in [5.74, 6) is -0.214. The van der Waals surface area contributed by atoms with Crippen LogP contribution >= 0.6 is 23.3 Å². The summed E-state index contributed by atoms with van der Waals surface area (Å²) in [6.45, 7) is 1.98. The van der Waals surface area contributed by atoms with E-state index in [1.807, 2.05) is 37.4 Å². The number of benzene rings is 1. The fourth-order valence-corrected chi connectivity index (χ4v) is 2.51. The number of carbonyl (C=O) groups is 1. The average molecular weight is 265 g/mol. The number of aromatic nitrogens is 2. The van der Waals surface area contributed by atoms with Gasteiger partial charge in [0, 0.05) is 5.69 Å². The van der Waals surface area contributed by atoms with Gasteiger partial charge in [-0.25, -0.2) is 0 Å². The van der Waals surface area contributed by atoms with Crippen LogP contribution in [0.25, 0.3) is 0 Å². The Balaban J connectivity index is 2.17. The Bertz CT molecular complexity index is 539. The molecule has 1 aromatic heterocycles. The molecule has 0 bridgehead atoms. The molecule has 0 radical (unpaired) electrons. The first-order valence-corrected chi connectivity index (χ1v) is 6.95. The van der Waals surface area contributed by atoms with Crippen molar-refractivity contribution >= 4 is 34.9 Å². The number of nitrogens with one attached hydrogen (secondary N) is 1. The van der Waals surface area contributed by atoms with Crippen LogP contribution in [-0.2, 0) is 0 Å². The van der Waals surface area contributed by atoms with Crippen LogP contribution in [0.3, 0.4) is 0 Å². The molecule has 0 saturated heterocycles. The highest BCUT2D eigenvalue weighted by molar-refractivity contribution is 8.00. The van der Waals surface area contributed by atoms with Crippen LogP contribution in [0.2, 0.25) is 0 Å². The SMILES string of the molecule is CSc1snnc1C(=O)Nc1cccc(C)c1. The number of hydrogen-bond acceptors (Lipinski definition) is 5. The van der Waals surface area contributed by atoms with Crippen molar-refractivity contribution in [1.82, 2.24) is 9.59 Å². The van der Waals surface area contributed by atoms with Crippen molar-refractivity contribution < 1.29 is 4.79 Å². The summed E-state index contributed by atoms with van der Waals surface area (Å²) in [5, 5.41) is 6.65. The number of hydrogen-bond donors (Lipinski definition) is 1. The standard InChI is InChI=1S/C11H11N3OS2/c1-7-4-3-5-8(6-7)12-10(15)9-11(16-2)17-14-13-9/h3-6H,1-2H3,(H,12,15). The maximum atomic E-state index is 11.9. The number of thioether (sulfide) groups is 1. The van der Waals surface area contributed by atoms with Crippen LogP contribution < -0.4 is 5.32 Å². The van der Waals surface area contributed by atoms with Crippen LogP contribution in [0.15, 0.2) is 28.5 Å². The third kappa shape index (κ3) is 2.83. The molecule has 1 amide bonds. The highest BCUT2D eigenvalue weighted by Crippen LogP contribution is 2.23. The van der Waals surface area contributed by atoms with Gasteiger partial charge in [-0.05, 0) is 42.4 Å². The molecule has 1 heterocycles. The molecule has 0 aliphatic rings. The van der Waals surface area contributed by atoms with Crippen molar-refractivity contribution in [3.8, 4) is 0 Å². The van der Waals surface area contributed by atoms with Crippen LogP contribution in [0, 0.1) is 6.92 Å². The molecule has 2 rings (SSSR count). The molecule has 2 aromatic rings. The lowest BCUT2D eigenvalue weighted by molar-refractivity contribution is 0.101. The molecule has 0 spiro atoms. The summed E-state index contributed by atoms with van der Waals surface area (Å²) in [4.78, 5) is 11.9. The summed E-state index contributed by atoms with van der Waals surface area (Å²) in [6.07, 6.45) is 1.90. The molecule has 1 aromatic carbocycles. The number of carbonyl (C=O) groups excluding carboxylic acids is 1. The van der Waals surface area contributed by atoms with E-state index in [1.54, 1.807) is 0 Å². The molecule has 17 heavy (non-hydrogen) atoms. The lowest BCUT2D eigenvalue weighted by Crippen LogP contribution is -2.13. The summed E-state index contributed by atoms with van der Waals surface area (Å²) < 4.78 is 4.61. The second-order valence-electron chi connectivity index (χ2n) is 3.44. The van der Waals surface area contributed by atoms with Gasteiger partial charge < -0.3 is 5.32 Å². The van der Waals surface area contributed by atoms with Crippen LogP contribution in [-0.4, -0.2) is 21.7 Å². The lowest BCUT2D eigenvalue weighted by Gasteiger charge is -2.04. The first kappa shape index (κ1) is 12.1. The molecule has 0 atom stereocenters. The lowest BCUT2D eigenvalue weighted by atomic mass is 10.2. The van der Waals surface area contributed by atoms with Gasteiger partial charge in [-0.2, -0.15) is 0 Å². The summed E-state index contributed by atoms with van der Waals surface area (Å²) in [7, 11) is 0. The predicted octanol–water partition coefficient (Wildman–Crippen LogP) is 2.82. The first-order chi connectivity index (χ1) is 8.20. The Kier molecular flexibility index (Phi) is 3.75. The summed E-state index contributed by atoms with van der Waals surface area (Å²) >= 11 is 2.71. The van der Waals surface area contributed by atoms with Crippen molar-refractivity contribution in [1.29, 1.82) is 0 Å². The fraction of sp³-hybridized carbons (Fsp3) is 0.182. The minimum absolute atomic E-state index is 0.214. The number of anilines is 1. The monoisotopic (exact) mass is 265 g/mol. The van der Waals surface area contributed by atoms with Crippen LogP contribution in [0.4, 0.5) is 5.69 Å². The number of rotatable bonds is 3.